The summed E-state index contributed by atoms with van der Waals surface area (Å²) in [6.45, 7) is 3.17. The van der Waals surface area contributed by atoms with E-state index in [0.29, 0.717) is 0 Å². The van der Waals surface area contributed by atoms with Crippen LogP contribution in [0.2, 0.25) is 0 Å². The molecule has 4 nitrogen and oxygen atoms in total. The van der Waals surface area contributed by atoms with E-state index in [1.807, 2.05) is 30.1 Å². The minimum atomic E-state index is 0.254. The zero-order valence-electron chi connectivity index (χ0n) is 12.5. The predicted octanol–water partition coefficient (Wildman–Crippen LogP) is 2.71. The second-order valence-electron chi connectivity index (χ2n) is 4.97. The van der Waals surface area contributed by atoms with Gasteiger partial charge in [0.15, 0.2) is 0 Å². The zero-order valence-corrected chi connectivity index (χ0v) is 12.5. The number of benzene rings is 1. The minimum absolute atomic E-state index is 0.254. The highest BCUT2D eigenvalue weighted by molar-refractivity contribution is 5.28. The molecule has 2 aromatic rings. The fraction of sp³-hybridized carbons (Fsp3) is 0.438. The first kappa shape index (κ1) is 14.6. The Hall–Kier alpha value is -1.81. The van der Waals surface area contributed by atoms with E-state index < -0.39 is 0 Å². The van der Waals surface area contributed by atoms with Gasteiger partial charge in [0.05, 0.1) is 18.8 Å². The Morgan fingerprint density at radius 1 is 1.25 bits per heavy atom. The number of nitrogens with one attached hydrogen (secondary N) is 1. The highest BCUT2D eigenvalue weighted by atomic mass is 16.5. The lowest BCUT2D eigenvalue weighted by Crippen LogP contribution is -2.24. The lowest BCUT2D eigenvalue weighted by atomic mass is 10.0. The summed E-state index contributed by atoms with van der Waals surface area (Å²) in [4.78, 5) is 0. The molecule has 2 rings (SSSR count). The molecule has 1 aromatic carbocycles. The Balaban J connectivity index is 2.10. The molecule has 0 amide bonds. The molecule has 0 saturated heterocycles. The molecule has 1 heterocycles. The molecule has 0 saturated carbocycles. The Morgan fingerprint density at radius 2 is 2.00 bits per heavy atom. The molecular weight excluding hydrogens is 250 g/mol. The normalized spacial score (nSPS) is 12.3. The lowest BCUT2D eigenvalue weighted by molar-refractivity contribution is 0.414. The van der Waals surface area contributed by atoms with Crippen LogP contribution >= 0.6 is 0 Å². The quantitative estimate of drug-likeness (QED) is 0.843. The summed E-state index contributed by atoms with van der Waals surface area (Å²) in [5.74, 6) is 0.893. The van der Waals surface area contributed by atoms with Crippen molar-refractivity contribution in [1.29, 1.82) is 0 Å². The molecule has 1 atom stereocenters. The van der Waals surface area contributed by atoms with Crippen LogP contribution in [0, 0.1) is 0 Å². The van der Waals surface area contributed by atoms with Crippen molar-refractivity contribution < 1.29 is 4.74 Å². The summed E-state index contributed by atoms with van der Waals surface area (Å²) >= 11 is 0. The number of methoxy groups -OCH3 is 1. The van der Waals surface area contributed by atoms with Crippen molar-refractivity contribution in [3.8, 4) is 5.75 Å². The Morgan fingerprint density at radius 3 is 2.55 bits per heavy atom. The summed E-state index contributed by atoms with van der Waals surface area (Å²) in [5.41, 5.74) is 2.38. The van der Waals surface area contributed by atoms with E-state index in [4.69, 9.17) is 4.74 Å². The maximum absolute atomic E-state index is 5.20. The molecule has 4 heteroatoms. The summed E-state index contributed by atoms with van der Waals surface area (Å²) in [7, 11) is 3.64. The molecule has 0 aliphatic heterocycles. The van der Waals surface area contributed by atoms with E-state index in [0.717, 1.165) is 30.8 Å². The third kappa shape index (κ3) is 3.84. The van der Waals surface area contributed by atoms with E-state index in [-0.39, 0.29) is 6.04 Å². The molecule has 0 aliphatic carbocycles. The average molecular weight is 273 g/mol. The number of nitrogens with zero attached hydrogens (tertiary/aromatic N) is 2. The number of ether oxygens (including phenoxy) is 1. The lowest BCUT2D eigenvalue weighted by Gasteiger charge is -2.16. The molecule has 108 valence electrons. The second-order valence-corrected chi connectivity index (χ2v) is 4.97. The van der Waals surface area contributed by atoms with Crippen molar-refractivity contribution in [2.24, 2.45) is 7.05 Å². The van der Waals surface area contributed by atoms with Crippen LogP contribution in [0.25, 0.3) is 0 Å². The van der Waals surface area contributed by atoms with Gasteiger partial charge in [-0.3, -0.25) is 4.68 Å². The fourth-order valence-electron chi connectivity index (χ4n) is 2.22. The first-order valence-electron chi connectivity index (χ1n) is 7.08. The van der Waals surface area contributed by atoms with Crippen molar-refractivity contribution in [2.75, 3.05) is 13.7 Å². The van der Waals surface area contributed by atoms with E-state index in [9.17, 15) is 0 Å². The molecule has 0 fully saturated rings. The molecule has 1 unspecified atom stereocenters. The van der Waals surface area contributed by atoms with Crippen LogP contribution in [0.4, 0.5) is 0 Å². The van der Waals surface area contributed by atoms with Crippen LogP contribution in [0.3, 0.4) is 0 Å². The van der Waals surface area contributed by atoms with Crippen LogP contribution in [0.1, 0.15) is 30.6 Å². The first-order chi connectivity index (χ1) is 9.72. The van der Waals surface area contributed by atoms with Crippen molar-refractivity contribution >= 4 is 0 Å². The standard InChI is InChI=1S/C16H23N3O/c1-4-10-17-16(15-9-11-19(2)18-15)12-13-5-7-14(20-3)8-6-13/h5-9,11,16-17H,4,10,12H2,1-3H3. The molecular formula is C16H23N3O. The van der Waals surface area contributed by atoms with Crippen LogP contribution in [0.15, 0.2) is 36.5 Å². The number of aryl methyl sites for hydroxylation is 1. The maximum Gasteiger partial charge on any atom is 0.118 e. The van der Waals surface area contributed by atoms with Gasteiger partial charge in [0.25, 0.3) is 0 Å². The third-order valence-corrected chi connectivity index (χ3v) is 3.33. The molecule has 0 radical (unpaired) electrons. The molecule has 0 bridgehead atoms. The number of rotatable bonds is 7. The van der Waals surface area contributed by atoms with Gasteiger partial charge >= 0.3 is 0 Å². The van der Waals surface area contributed by atoms with Crippen molar-refractivity contribution in [3.05, 3.63) is 47.8 Å². The fourth-order valence-corrected chi connectivity index (χ4v) is 2.22. The number of hydrogen-bond acceptors (Lipinski definition) is 3. The monoisotopic (exact) mass is 273 g/mol. The summed E-state index contributed by atoms with van der Waals surface area (Å²) in [5, 5.41) is 8.09. The molecule has 0 aliphatic rings. The van der Waals surface area contributed by atoms with Crippen molar-refractivity contribution in [1.82, 2.24) is 15.1 Å². The summed E-state index contributed by atoms with van der Waals surface area (Å²) < 4.78 is 7.05. The topological polar surface area (TPSA) is 39.1 Å². The van der Waals surface area contributed by atoms with Crippen LogP contribution in [-0.4, -0.2) is 23.4 Å². The van der Waals surface area contributed by atoms with Crippen LogP contribution in [-0.2, 0) is 13.5 Å². The highest BCUT2D eigenvalue weighted by Crippen LogP contribution is 2.19. The van der Waals surface area contributed by atoms with E-state index in [1.165, 1.54) is 5.56 Å². The van der Waals surface area contributed by atoms with Gasteiger partial charge in [0, 0.05) is 13.2 Å². The van der Waals surface area contributed by atoms with Gasteiger partial charge in [0.2, 0.25) is 0 Å². The van der Waals surface area contributed by atoms with Crippen molar-refractivity contribution in [3.63, 3.8) is 0 Å². The minimum Gasteiger partial charge on any atom is -0.497 e. The van der Waals surface area contributed by atoms with Gasteiger partial charge in [-0.05, 0) is 43.1 Å². The van der Waals surface area contributed by atoms with Crippen LogP contribution < -0.4 is 10.1 Å². The molecule has 20 heavy (non-hydrogen) atoms. The molecule has 0 spiro atoms. The first-order valence-corrected chi connectivity index (χ1v) is 7.08. The second kappa shape index (κ2) is 7.10. The van der Waals surface area contributed by atoms with Gasteiger partial charge in [-0.15, -0.1) is 0 Å². The van der Waals surface area contributed by atoms with Gasteiger partial charge in [-0.1, -0.05) is 19.1 Å². The van der Waals surface area contributed by atoms with Gasteiger partial charge in [0.1, 0.15) is 5.75 Å². The van der Waals surface area contributed by atoms with Gasteiger partial charge in [-0.25, -0.2) is 0 Å². The Labute approximate surface area is 120 Å². The SMILES string of the molecule is CCCNC(Cc1ccc(OC)cc1)c1ccn(C)n1. The zero-order chi connectivity index (χ0) is 14.4. The van der Waals surface area contributed by atoms with Gasteiger partial charge in [-0.2, -0.15) is 5.10 Å². The number of aromatic nitrogens is 2. The van der Waals surface area contributed by atoms with Crippen molar-refractivity contribution in [2.45, 2.75) is 25.8 Å². The summed E-state index contributed by atoms with van der Waals surface area (Å²) in [6.07, 6.45) is 4.04. The smallest absolute Gasteiger partial charge is 0.118 e. The summed E-state index contributed by atoms with van der Waals surface area (Å²) in [6, 6.07) is 10.6. The van der Waals surface area contributed by atoms with Gasteiger partial charge < -0.3 is 10.1 Å². The Kier molecular flexibility index (Phi) is 5.18. The Bertz CT molecular complexity index is 519. The van der Waals surface area contributed by atoms with E-state index in [1.54, 1.807) is 7.11 Å². The van der Waals surface area contributed by atoms with E-state index >= 15 is 0 Å². The predicted molar refractivity (Wildman–Crippen MR) is 80.9 cm³/mol. The molecule has 1 N–H and O–H groups in total. The third-order valence-electron chi connectivity index (χ3n) is 3.33. The number of hydrogen-bond donors (Lipinski definition) is 1. The van der Waals surface area contributed by atoms with E-state index in [2.05, 4.69) is 35.5 Å². The molecule has 1 aromatic heterocycles. The highest BCUT2D eigenvalue weighted by Gasteiger charge is 2.14. The average Bonchev–Trinajstić information content (AvgIpc) is 2.90. The maximum atomic E-state index is 5.20. The largest absolute Gasteiger partial charge is 0.497 e. The van der Waals surface area contributed by atoms with Crippen LogP contribution in [0.5, 0.6) is 5.75 Å².